The van der Waals surface area contributed by atoms with Crippen LogP contribution in [0.25, 0.3) is 0 Å². The summed E-state index contributed by atoms with van der Waals surface area (Å²) in [6.45, 7) is 5.93. The summed E-state index contributed by atoms with van der Waals surface area (Å²) >= 11 is 0. The van der Waals surface area contributed by atoms with E-state index in [0.29, 0.717) is 12.6 Å². The summed E-state index contributed by atoms with van der Waals surface area (Å²) in [5, 5.41) is 0. The Kier molecular flexibility index (Phi) is 7.00. The lowest BCUT2D eigenvalue weighted by atomic mass is 9.74. The smallest absolute Gasteiger partial charge is 0.410 e. The fraction of sp³-hybridized carbons (Fsp3) is 0.731. The van der Waals surface area contributed by atoms with Crippen molar-refractivity contribution in [3.05, 3.63) is 35.9 Å². The van der Waals surface area contributed by atoms with E-state index in [1.54, 1.807) is 0 Å². The lowest BCUT2D eigenvalue weighted by molar-refractivity contribution is -0.185. The highest BCUT2D eigenvalue weighted by Gasteiger charge is 2.42. The van der Waals surface area contributed by atoms with Gasteiger partial charge in [0, 0.05) is 32.0 Å². The summed E-state index contributed by atoms with van der Waals surface area (Å²) in [4.78, 5) is 17.0. The van der Waals surface area contributed by atoms with E-state index in [2.05, 4.69) is 4.90 Å². The Labute approximate surface area is 192 Å². The highest BCUT2D eigenvalue weighted by atomic mass is 16.7. The van der Waals surface area contributed by atoms with E-state index in [4.69, 9.17) is 14.2 Å². The molecule has 0 aromatic heterocycles. The van der Waals surface area contributed by atoms with Gasteiger partial charge in [-0.3, -0.25) is 0 Å². The Balaban J connectivity index is 1.01. The number of carbonyl (C=O) groups is 1. The second-order valence-electron chi connectivity index (χ2n) is 10.1. The predicted molar refractivity (Wildman–Crippen MR) is 122 cm³/mol. The van der Waals surface area contributed by atoms with Gasteiger partial charge >= 0.3 is 6.09 Å². The maximum atomic E-state index is 12.4. The molecule has 6 heteroatoms. The van der Waals surface area contributed by atoms with Crippen LogP contribution in [0.1, 0.15) is 56.9 Å². The van der Waals surface area contributed by atoms with Crippen LogP contribution in [0.2, 0.25) is 0 Å². The van der Waals surface area contributed by atoms with Crippen molar-refractivity contribution in [2.75, 3.05) is 39.4 Å². The molecule has 1 amide bonds. The number of likely N-dealkylation sites (tertiary alicyclic amines) is 2. The van der Waals surface area contributed by atoms with Gasteiger partial charge in [-0.2, -0.15) is 0 Å². The zero-order valence-corrected chi connectivity index (χ0v) is 19.3. The molecule has 1 spiro atoms. The van der Waals surface area contributed by atoms with Crippen molar-refractivity contribution in [2.24, 2.45) is 11.8 Å². The van der Waals surface area contributed by atoms with E-state index in [1.807, 2.05) is 35.2 Å². The van der Waals surface area contributed by atoms with Crippen molar-refractivity contribution in [2.45, 2.75) is 69.8 Å². The van der Waals surface area contributed by atoms with Crippen molar-refractivity contribution >= 4 is 6.09 Å². The molecule has 3 aliphatic heterocycles. The van der Waals surface area contributed by atoms with E-state index in [0.717, 1.165) is 69.4 Å². The van der Waals surface area contributed by atoms with Gasteiger partial charge in [-0.1, -0.05) is 30.3 Å². The first-order valence-electron chi connectivity index (χ1n) is 12.7. The molecule has 1 aromatic rings. The van der Waals surface area contributed by atoms with E-state index in [-0.39, 0.29) is 11.9 Å². The summed E-state index contributed by atoms with van der Waals surface area (Å²) < 4.78 is 17.3. The van der Waals surface area contributed by atoms with E-state index >= 15 is 0 Å². The van der Waals surface area contributed by atoms with Crippen LogP contribution in [0.15, 0.2) is 30.3 Å². The summed E-state index contributed by atoms with van der Waals surface area (Å²) in [7, 11) is 0. The zero-order chi connectivity index (χ0) is 21.8. The molecule has 0 radical (unpaired) electrons. The molecule has 1 saturated carbocycles. The van der Waals surface area contributed by atoms with Gasteiger partial charge in [-0.25, -0.2) is 4.79 Å². The van der Waals surface area contributed by atoms with E-state index in [9.17, 15) is 4.79 Å². The van der Waals surface area contributed by atoms with Crippen LogP contribution in [0, 0.1) is 11.8 Å². The van der Waals surface area contributed by atoms with Gasteiger partial charge in [0.1, 0.15) is 6.61 Å². The summed E-state index contributed by atoms with van der Waals surface area (Å²) in [6.07, 6.45) is 9.27. The second kappa shape index (κ2) is 10.1. The molecule has 6 nitrogen and oxygen atoms in total. The first-order valence-corrected chi connectivity index (χ1v) is 12.7. The molecule has 0 bridgehead atoms. The Morgan fingerprint density at radius 3 is 2.16 bits per heavy atom. The first kappa shape index (κ1) is 22.2. The Bertz CT molecular complexity index is 725. The SMILES string of the molecule is O=C(OCc1ccccc1)N1CCC(N2CCC(C3CCC4(CC3)OCCO4)CC2)CC1. The highest BCUT2D eigenvalue weighted by Crippen LogP contribution is 2.43. The molecule has 3 heterocycles. The quantitative estimate of drug-likeness (QED) is 0.690. The molecule has 1 aliphatic carbocycles. The lowest BCUT2D eigenvalue weighted by Crippen LogP contribution is -2.49. The number of hydrogen-bond donors (Lipinski definition) is 0. The summed E-state index contributed by atoms with van der Waals surface area (Å²) in [5.74, 6) is 1.47. The third-order valence-electron chi connectivity index (χ3n) is 8.29. The van der Waals surface area contributed by atoms with Crippen LogP contribution in [0.3, 0.4) is 0 Å². The average molecular weight is 443 g/mol. The molecule has 5 rings (SSSR count). The van der Waals surface area contributed by atoms with Crippen LogP contribution in [-0.4, -0.2) is 67.1 Å². The van der Waals surface area contributed by atoms with Gasteiger partial charge in [-0.15, -0.1) is 0 Å². The average Bonchev–Trinajstić information content (AvgIpc) is 3.32. The number of hydrogen-bond acceptors (Lipinski definition) is 5. The molecule has 0 unspecified atom stereocenters. The number of nitrogens with zero attached hydrogens (tertiary/aromatic N) is 2. The number of ether oxygens (including phenoxy) is 3. The van der Waals surface area contributed by atoms with Crippen LogP contribution < -0.4 is 0 Å². The van der Waals surface area contributed by atoms with Crippen molar-refractivity contribution in [1.29, 1.82) is 0 Å². The van der Waals surface area contributed by atoms with Gasteiger partial charge in [0.05, 0.1) is 13.2 Å². The van der Waals surface area contributed by atoms with Crippen LogP contribution >= 0.6 is 0 Å². The maximum absolute atomic E-state index is 12.4. The van der Waals surface area contributed by atoms with Crippen molar-refractivity contribution < 1.29 is 19.0 Å². The van der Waals surface area contributed by atoms with Gasteiger partial charge in [0.15, 0.2) is 5.79 Å². The molecule has 32 heavy (non-hydrogen) atoms. The Morgan fingerprint density at radius 2 is 1.50 bits per heavy atom. The summed E-state index contributed by atoms with van der Waals surface area (Å²) in [6, 6.07) is 10.5. The van der Waals surface area contributed by atoms with E-state index in [1.165, 1.54) is 38.8 Å². The van der Waals surface area contributed by atoms with Gasteiger partial charge in [0.2, 0.25) is 0 Å². The molecule has 1 aromatic carbocycles. The molecular formula is C26H38N2O4. The monoisotopic (exact) mass is 442 g/mol. The number of benzene rings is 1. The zero-order valence-electron chi connectivity index (χ0n) is 19.3. The van der Waals surface area contributed by atoms with Crippen molar-refractivity contribution in [3.63, 3.8) is 0 Å². The number of carbonyl (C=O) groups excluding carboxylic acids is 1. The fourth-order valence-electron chi connectivity index (χ4n) is 6.32. The standard InChI is InChI=1S/C26H38N2O4/c29-25(30-20-21-4-2-1-3-5-21)28-16-10-24(11-17-28)27-14-8-23(9-15-27)22-6-12-26(13-7-22)31-18-19-32-26/h1-5,22-24H,6-20H2. The van der Waals surface area contributed by atoms with Crippen molar-refractivity contribution in [1.82, 2.24) is 9.80 Å². The Hall–Kier alpha value is -1.63. The predicted octanol–water partition coefficient (Wildman–Crippen LogP) is 4.43. The number of amides is 1. The van der Waals surface area contributed by atoms with Gasteiger partial charge < -0.3 is 24.0 Å². The minimum absolute atomic E-state index is 0.170. The maximum Gasteiger partial charge on any atom is 0.410 e. The molecule has 0 N–H and O–H groups in total. The molecule has 4 aliphatic rings. The summed E-state index contributed by atoms with van der Waals surface area (Å²) in [5.41, 5.74) is 1.04. The topological polar surface area (TPSA) is 51.2 Å². The number of piperidine rings is 2. The van der Waals surface area contributed by atoms with Gasteiger partial charge in [0.25, 0.3) is 0 Å². The van der Waals surface area contributed by atoms with Crippen LogP contribution in [-0.2, 0) is 20.8 Å². The van der Waals surface area contributed by atoms with Crippen LogP contribution in [0.5, 0.6) is 0 Å². The third-order valence-corrected chi connectivity index (χ3v) is 8.29. The lowest BCUT2D eigenvalue weighted by Gasteiger charge is -2.44. The second-order valence-corrected chi connectivity index (χ2v) is 10.1. The minimum atomic E-state index is -0.229. The van der Waals surface area contributed by atoms with Crippen LogP contribution in [0.4, 0.5) is 4.79 Å². The fourth-order valence-corrected chi connectivity index (χ4v) is 6.32. The third kappa shape index (κ3) is 5.13. The minimum Gasteiger partial charge on any atom is -0.445 e. The molecule has 176 valence electrons. The first-order chi connectivity index (χ1) is 15.7. The molecule has 3 saturated heterocycles. The molecule has 4 fully saturated rings. The normalized spacial score (nSPS) is 25.9. The molecular weight excluding hydrogens is 404 g/mol. The largest absolute Gasteiger partial charge is 0.445 e. The Morgan fingerprint density at radius 1 is 0.875 bits per heavy atom. The number of rotatable bonds is 4. The van der Waals surface area contributed by atoms with Crippen molar-refractivity contribution in [3.8, 4) is 0 Å². The van der Waals surface area contributed by atoms with E-state index < -0.39 is 0 Å². The highest BCUT2D eigenvalue weighted by molar-refractivity contribution is 5.67. The van der Waals surface area contributed by atoms with Gasteiger partial charge in [-0.05, 0) is 69.0 Å². The molecule has 0 atom stereocenters.